The van der Waals surface area contributed by atoms with Gasteiger partial charge in [-0.3, -0.25) is 9.59 Å². The third kappa shape index (κ3) is 3.16. The molecule has 22 heavy (non-hydrogen) atoms. The molecule has 2 aromatic heterocycles. The Labute approximate surface area is 131 Å². The van der Waals surface area contributed by atoms with Crippen molar-refractivity contribution in [2.24, 2.45) is 0 Å². The van der Waals surface area contributed by atoms with Gasteiger partial charge >= 0.3 is 0 Å². The molecule has 3 heterocycles. The van der Waals surface area contributed by atoms with E-state index in [-0.39, 0.29) is 24.3 Å². The van der Waals surface area contributed by atoms with Crippen molar-refractivity contribution in [1.29, 1.82) is 0 Å². The zero-order valence-electron chi connectivity index (χ0n) is 12.1. The van der Waals surface area contributed by atoms with Crippen LogP contribution in [0.3, 0.4) is 0 Å². The molecule has 0 aromatic carbocycles. The zero-order chi connectivity index (χ0) is 15.5. The fourth-order valence-corrected chi connectivity index (χ4v) is 3.19. The van der Waals surface area contributed by atoms with Crippen LogP contribution in [0.5, 0.6) is 0 Å². The van der Waals surface area contributed by atoms with Crippen LogP contribution < -0.4 is 10.6 Å². The van der Waals surface area contributed by atoms with Crippen LogP contribution >= 0.6 is 11.3 Å². The van der Waals surface area contributed by atoms with E-state index in [4.69, 9.17) is 4.52 Å². The van der Waals surface area contributed by atoms with Gasteiger partial charge in [-0.25, -0.2) is 0 Å². The lowest BCUT2D eigenvalue weighted by Gasteiger charge is -2.18. The van der Waals surface area contributed by atoms with Crippen LogP contribution in [0.15, 0.2) is 16.0 Å². The molecule has 7 nitrogen and oxygen atoms in total. The van der Waals surface area contributed by atoms with Crippen molar-refractivity contribution in [3.05, 3.63) is 33.6 Å². The molecule has 1 unspecified atom stereocenters. The topological polar surface area (TPSA) is 97.1 Å². The van der Waals surface area contributed by atoms with E-state index in [9.17, 15) is 9.59 Å². The number of piperidine rings is 1. The van der Waals surface area contributed by atoms with Gasteiger partial charge in [0.25, 0.3) is 5.91 Å². The molecular weight excluding hydrogens is 304 g/mol. The van der Waals surface area contributed by atoms with Crippen LogP contribution in [0.4, 0.5) is 0 Å². The number of aryl methyl sites for hydroxylation is 1. The van der Waals surface area contributed by atoms with Gasteiger partial charge in [0.05, 0.1) is 11.4 Å². The molecule has 0 spiro atoms. The SMILES string of the molecule is Cc1ccsc1C(=O)NCc1nc(C2CCNC(=O)C2)no1. The summed E-state index contributed by atoms with van der Waals surface area (Å²) in [5, 5.41) is 11.3. The Hall–Kier alpha value is -2.22. The molecule has 116 valence electrons. The summed E-state index contributed by atoms with van der Waals surface area (Å²) in [5.41, 5.74) is 0.946. The Kier molecular flexibility index (Phi) is 4.19. The van der Waals surface area contributed by atoms with E-state index in [0.29, 0.717) is 29.6 Å². The lowest BCUT2D eigenvalue weighted by atomic mass is 9.97. The Morgan fingerprint density at radius 1 is 1.59 bits per heavy atom. The molecule has 1 aliphatic heterocycles. The smallest absolute Gasteiger partial charge is 0.262 e. The van der Waals surface area contributed by atoms with Gasteiger partial charge < -0.3 is 15.2 Å². The Bertz CT molecular complexity index is 694. The molecule has 1 saturated heterocycles. The molecule has 1 atom stereocenters. The lowest BCUT2D eigenvalue weighted by Crippen LogP contribution is -2.32. The maximum atomic E-state index is 12.0. The minimum Gasteiger partial charge on any atom is -0.356 e. The highest BCUT2D eigenvalue weighted by molar-refractivity contribution is 7.12. The number of hydrogen-bond acceptors (Lipinski definition) is 6. The van der Waals surface area contributed by atoms with Gasteiger partial charge in [0.2, 0.25) is 11.8 Å². The molecule has 0 radical (unpaired) electrons. The van der Waals surface area contributed by atoms with E-state index in [1.54, 1.807) is 0 Å². The number of amides is 2. The van der Waals surface area contributed by atoms with Crippen LogP contribution in [0.2, 0.25) is 0 Å². The molecule has 0 saturated carbocycles. The maximum absolute atomic E-state index is 12.0. The predicted octanol–water partition coefficient (Wildman–Crippen LogP) is 1.36. The lowest BCUT2D eigenvalue weighted by molar-refractivity contribution is -0.122. The van der Waals surface area contributed by atoms with Crippen molar-refractivity contribution in [3.63, 3.8) is 0 Å². The van der Waals surface area contributed by atoms with Gasteiger partial charge in [-0.2, -0.15) is 4.98 Å². The summed E-state index contributed by atoms with van der Waals surface area (Å²) >= 11 is 1.40. The first-order chi connectivity index (χ1) is 10.6. The van der Waals surface area contributed by atoms with E-state index in [0.717, 1.165) is 12.0 Å². The highest BCUT2D eigenvalue weighted by Crippen LogP contribution is 2.23. The number of rotatable bonds is 4. The number of nitrogens with one attached hydrogen (secondary N) is 2. The quantitative estimate of drug-likeness (QED) is 0.886. The third-order valence-corrected chi connectivity index (χ3v) is 4.58. The van der Waals surface area contributed by atoms with E-state index < -0.39 is 0 Å². The normalized spacial score (nSPS) is 18.0. The summed E-state index contributed by atoms with van der Waals surface area (Å²) in [7, 11) is 0. The summed E-state index contributed by atoms with van der Waals surface area (Å²) in [6, 6.07) is 1.90. The molecule has 1 fully saturated rings. The Morgan fingerprint density at radius 3 is 3.18 bits per heavy atom. The minimum atomic E-state index is -0.149. The van der Waals surface area contributed by atoms with Gasteiger partial charge in [-0.15, -0.1) is 11.3 Å². The molecule has 2 aromatic rings. The van der Waals surface area contributed by atoms with Crippen LogP contribution in [0.1, 0.15) is 45.7 Å². The summed E-state index contributed by atoms with van der Waals surface area (Å²) in [6.45, 7) is 2.70. The molecular formula is C14H16N4O3S. The molecule has 0 bridgehead atoms. The fraction of sp³-hybridized carbons (Fsp3) is 0.429. The number of nitrogens with zero attached hydrogens (tertiary/aromatic N) is 2. The summed E-state index contributed by atoms with van der Waals surface area (Å²) in [6.07, 6.45) is 1.17. The number of hydrogen-bond donors (Lipinski definition) is 2. The predicted molar refractivity (Wildman–Crippen MR) is 79.5 cm³/mol. The van der Waals surface area contributed by atoms with Crippen molar-refractivity contribution in [2.75, 3.05) is 6.54 Å². The van der Waals surface area contributed by atoms with Gasteiger partial charge in [0, 0.05) is 18.9 Å². The molecule has 8 heteroatoms. The van der Waals surface area contributed by atoms with Crippen LogP contribution in [-0.2, 0) is 11.3 Å². The average molecular weight is 320 g/mol. The average Bonchev–Trinajstić information content (AvgIpc) is 3.14. The summed E-state index contributed by atoms with van der Waals surface area (Å²) in [4.78, 5) is 28.3. The van der Waals surface area contributed by atoms with Gasteiger partial charge in [0.15, 0.2) is 5.82 Å². The maximum Gasteiger partial charge on any atom is 0.262 e. The number of carbonyl (C=O) groups excluding carboxylic acids is 2. The third-order valence-electron chi connectivity index (χ3n) is 3.56. The molecule has 1 aliphatic rings. The minimum absolute atomic E-state index is 0.00377. The number of carbonyl (C=O) groups is 2. The van der Waals surface area contributed by atoms with Crippen molar-refractivity contribution in [1.82, 2.24) is 20.8 Å². The molecule has 2 amide bonds. The van der Waals surface area contributed by atoms with Crippen molar-refractivity contribution in [3.8, 4) is 0 Å². The van der Waals surface area contributed by atoms with Crippen molar-refractivity contribution in [2.45, 2.75) is 32.2 Å². The van der Waals surface area contributed by atoms with E-state index in [1.807, 2.05) is 18.4 Å². The molecule has 0 aliphatic carbocycles. The molecule has 2 N–H and O–H groups in total. The number of thiophene rings is 1. The van der Waals surface area contributed by atoms with E-state index in [2.05, 4.69) is 20.8 Å². The first-order valence-corrected chi connectivity index (χ1v) is 7.93. The van der Waals surface area contributed by atoms with Crippen LogP contribution in [-0.4, -0.2) is 28.5 Å². The first-order valence-electron chi connectivity index (χ1n) is 7.05. The van der Waals surface area contributed by atoms with Gasteiger partial charge in [-0.1, -0.05) is 5.16 Å². The van der Waals surface area contributed by atoms with E-state index in [1.165, 1.54) is 11.3 Å². The van der Waals surface area contributed by atoms with Crippen molar-refractivity contribution >= 4 is 23.2 Å². The first kappa shape index (κ1) is 14.7. The van der Waals surface area contributed by atoms with E-state index >= 15 is 0 Å². The van der Waals surface area contributed by atoms with Crippen LogP contribution in [0, 0.1) is 6.92 Å². The Morgan fingerprint density at radius 2 is 2.45 bits per heavy atom. The summed E-state index contributed by atoms with van der Waals surface area (Å²) < 4.78 is 5.15. The second kappa shape index (κ2) is 6.27. The largest absolute Gasteiger partial charge is 0.356 e. The second-order valence-corrected chi connectivity index (χ2v) is 6.12. The molecule has 3 rings (SSSR count). The van der Waals surface area contributed by atoms with Crippen LogP contribution in [0.25, 0.3) is 0 Å². The fourth-order valence-electron chi connectivity index (χ4n) is 2.35. The second-order valence-electron chi connectivity index (χ2n) is 5.20. The van der Waals surface area contributed by atoms with Gasteiger partial charge in [-0.05, 0) is 30.4 Å². The van der Waals surface area contributed by atoms with Crippen molar-refractivity contribution < 1.29 is 14.1 Å². The highest BCUT2D eigenvalue weighted by atomic mass is 32.1. The Balaban J connectivity index is 1.59. The highest BCUT2D eigenvalue weighted by Gasteiger charge is 2.25. The number of aromatic nitrogens is 2. The standard InChI is InChI=1S/C14H16N4O3S/c1-8-3-5-22-12(8)14(20)16-7-11-17-13(18-21-11)9-2-4-15-10(19)6-9/h3,5,9H,2,4,6-7H2,1H3,(H,15,19)(H,16,20). The monoisotopic (exact) mass is 320 g/mol. The van der Waals surface area contributed by atoms with Gasteiger partial charge in [0.1, 0.15) is 0 Å². The summed E-state index contributed by atoms with van der Waals surface area (Å²) in [5.74, 6) is 0.727. The zero-order valence-corrected chi connectivity index (χ0v) is 12.9.